The number of nitrogens with zero attached hydrogens (tertiary/aromatic N) is 13. The first-order chi connectivity index (χ1) is 62.7. The van der Waals surface area contributed by atoms with Crippen LogP contribution in [0.5, 0.6) is 17.2 Å². The van der Waals surface area contributed by atoms with Gasteiger partial charge in [0.25, 0.3) is 20.0 Å². The van der Waals surface area contributed by atoms with Crippen LogP contribution in [0, 0.1) is 37.1 Å². The molecule has 18 rings (SSSR count). The number of hydrogen-bond donors (Lipinski definition) is 2. The zero-order chi connectivity index (χ0) is 94.3. The Labute approximate surface area is 772 Å². The van der Waals surface area contributed by atoms with Crippen LogP contribution in [0.1, 0.15) is 137 Å². The molecule has 13 heterocycles. The minimum absolute atomic E-state index is 0.00484. The number of amides is 2. The second kappa shape index (κ2) is 38.2. The Morgan fingerprint density at radius 1 is 0.477 bits per heavy atom. The molecular formula is C96H105BBrF4N15O13S2. The van der Waals surface area contributed by atoms with E-state index in [2.05, 4.69) is 73.4 Å². The number of carbonyl (C=O) groups excluding carboxylic acids is 2. The van der Waals surface area contributed by atoms with Crippen LogP contribution in [-0.2, 0) is 38.8 Å². The van der Waals surface area contributed by atoms with E-state index in [4.69, 9.17) is 33.0 Å². The van der Waals surface area contributed by atoms with Crippen molar-refractivity contribution >= 4 is 93.8 Å². The standard InChI is InChI=1S/C34H36FN5O5S.C22H22FN5O.C21H15BrF2N2O3S.C19H32BN3O4/c1-22-9-11-26(12-10-22)46(42,43)40-21-29(27-7-6-8-30(35)31(27)44-5)28-17-23(18-36-32(28)40)24-19-37-39(20-24)25-13-15-38(16-14-25)33(41)45-34(2,3)4;1-29-21-17(3-2-4-20(21)23)19-12-26-22-18(19)9-14(10-25-22)15-11-27-28(13-15)16-5-7-24-8-6-16;1-12-3-5-15(6-4-12)30(27,28)26-11-18(17-7-13(22)10-25-21(17)26)16-8-14(23)9-19(24)20(16)29-2;1-17(2,3)25-16(24)22-10-8-15(9-11-22)23-13-14(12-21-23)20-26-18(4,5)19(6,7)27-20/h6-12,17-21,25H,13-16H2,1-5H3;2-4,9-13,16,24H,5-8H2,1H3,(H,25,26);3-11H,1-2H3;12-13,15H,8-11H2,1-7H3. The lowest BCUT2D eigenvalue weighted by Crippen LogP contribution is -2.42. The Balaban J connectivity index is 0.000000138. The molecule has 0 saturated carbocycles. The predicted octanol–water partition coefficient (Wildman–Crippen LogP) is 19.0. The number of H-pyrrole nitrogens is 1. The molecule has 4 aliphatic heterocycles. The maximum atomic E-state index is 14.8. The number of fused-ring (bicyclic) bond motifs is 3. The third kappa shape index (κ3) is 20.2. The normalized spacial score (nSPS) is 15.7. The number of piperidine rings is 3. The van der Waals surface area contributed by atoms with Gasteiger partial charge in [0.2, 0.25) is 0 Å². The van der Waals surface area contributed by atoms with E-state index in [1.807, 2.05) is 142 Å². The van der Waals surface area contributed by atoms with E-state index in [9.17, 15) is 44.0 Å². The van der Waals surface area contributed by atoms with E-state index in [1.54, 1.807) is 82.9 Å². The summed E-state index contributed by atoms with van der Waals surface area (Å²) in [5.41, 5.74) is 8.38. The van der Waals surface area contributed by atoms with Gasteiger partial charge < -0.3 is 53.1 Å². The van der Waals surface area contributed by atoms with E-state index in [1.165, 1.54) is 64.2 Å². The van der Waals surface area contributed by atoms with E-state index < -0.39 is 55.8 Å². The van der Waals surface area contributed by atoms with Crippen molar-refractivity contribution in [1.29, 1.82) is 0 Å². The third-order valence-electron chi connectivity index (χ3n) is 24.0. The average Bonchev–Trinajstić information content (AvgIpc) is 1.59. The van der Waals surface area contributed by atoms with Gasteiger partial charge in [-0.05, 0) is 211 Å². The van der Waals surface area contributed by atoms with Crippen LogP contribution in [0.2, 0.25) is 0 Å². The molecule has 14 aromatic rings. The molecule has 0 bridgehead atoms. The van der Waals surface area contributed by atoms with E-state index in [-0.39, 0.29) is 90.8 Å². The lowest BCUT2D eigenvalue weighted by Gasteiger charge is -2.33. The fraction of sp³-hybridized carbons (Fsp3) is 0.354. The summed E-state index contributed by atoms with van der Waals surface area (Å²) in [7, 11) is -4.33. The molecule has 0 aliphatic carbocycles. The first kappa shape index (κ1) is 94.4. The molecule has 28 nitrogen and oxygen atoms in total. The van der Waals surface area contributed by atoms with Crippen molar-refractivity contribution in [2.24, 2.45) is 0 Å². The highest BCUT2D eigenvalue weighted by molar-refractivity contribution is 9.10. The van der Waals surface area contributed by atoms with Crippen molar-refractivity contribution in [3.8, 4) is 72.9 Å². The molecule has 4 saturated heterocycles. The Bertz CT molecular complexity index is 6810. The minimum atomic E-state index is -4.04. The van der Waals surface area contributed by atoms with Gasteiger partial charge in [0.1, 0.15) is 22.7 Å². The summed E-state index contributed by atoms with van der Waals surface area (Å²) < 4.78 is 159. The maximum Gasteiger partial charge on any atom is 0.498 e. The highest BCUT2D eigenvalue weighted by Crippen LogP contribution is 2.45. The van der Waals surface area contributed by atoms with Crippen LogP contribution in [0.4, 0.5) is 27.2 Å². The van der Waals surface area contributed by atoms with E-state index in [0.29, 0.717) is 75.8 Å². The molecule has 0 spiro atoms. The molecule has 0 unspecified atom stereocenters. The Morgan fingerprint density at radius 3 is 1.39 bits per heavy atom. The molecule has 692 valence electrons. The molecule has 132 heavy (non-hydrogen) atoms. The lowest BCUT2D eigenvalue weighted by atomic mass is 9.82. The number of aromatic nitrogens is 12. The molecular weight excluding hydrogens is 1800 g/mol. The molecule has 9 aromatic heterocycles. The van der Waals surface area contributed by atoms with Crippen LogP contribution >= 0.6 is 15.9 Å². The van der Waals surface area contributed by atoms with Gasteiger partial charge in [0.15, 0.2) is 46.0 Å². The van der Waals surface area contributed by atoms with Crippen LogP contribution in [0.3, 0.4) is 0 Å². The van der Waals surface area contributed by atoms with Crippen LogP contribution in [0.15, 0.2) is 204 Å². The highest BCUT2D eigenvalue weighted by Gasteiger charge is 2.52. The van der Waals surface area contributed by atoms with Gasteiger partial charge in [0.05, 0.1) is 72.8 Å². The fourth-order valence-corrected chi connectivity index (χ4v) is 19.3. The second-order valence-electron chi connectivity index (χ2n) is 36.0. The second-order valence-corrected chi connectivity index (χ2v) is 40.5. The van der Waals surface area contributed by atoms with Gasteiger partial charge in [-0.25, -0.2) is 66.9 Å². The molecule has 4 fully saturated rings. The smallest absolute Gasteiger partial charge is 0.493 e. The molecule has 36 heteroatoms. The number of halogens is 5. The van der Waals surface area contributed by atoms with Crippen LogP contribution < -0.4 is 25.0 Å². The number of pyridine rings is 3. The number of nitrogens with one attached hydrogen (secondary N) is 2. The SMILES string of the molecule is CC(C)(C)OC(=O)N1CCC(n2cc(B3OC(C)(C)C(C)(C)O3)cn2)CC1.COc1c(F)cc(F)cc1-c1cn(S(=O)(=O)c2ccc(C)cc2)c2ncc(Br)cc12.COc1c(F)cccc1-c1c[nH]c2ncc(-c3cnn(C4CCNCC4)c3)cc12.COc1c(F)cccc1-c1cn(S(=O)(=O)c2ccc(C)cc2)c2ncc(-c3cnn(C4CCN(C(=O)OC(C)(C)C)CC4)c3)cc12. The van der Waals surface area contributed by atoms with Crippen molar-refractivity contribution in [3.05, 3.63) is 228 Å². The Hall–Kier alpha value is -12.2. The third-order valence-corrected chi connectivity index (χ3v) is 27.7. The van der Waals surface area contributed by atoms with Gasteiger partial charge >= 0.3 is 19.3 Å². The van der Waals surface area contributed by atoms with Crippen molar-refractivity contribution < 1.29 is 77.0 Å². The average molecular weight is 1910 g/mol. The minimum Gasteiger partial charge on any atom is -0.493 e. The monoisotopic (exact) mass is 1910 g/mol. The zero-order valence-electron chi connectivity index (χ0n) is 76.0. The number of aryl methyl sites for hydroxylation is 2. The highest BCUT2D eigenvalue weighted by atomic mass is 79.9. The number of carbonyl (C=O) groups is 2. The van der Waals surface area contributed by atoms with E-state index >= 15 is 0 Å². The fourth-order valence-electron chi connectivity index (χ4n) is 16.3. The summed E-state index contributed by atoms with van der Waals surface area (Å²) in [4.78, 5) is 45.0. The van der Waals surface area contributed by atoms with Crippen molar-refractivity contribution in [2.45, 2.75) is 172 Å². The molecule has 2 N–H and O–H groups in total. The zero-order valence-corrected chi connectivity index (χ0v) is 79.2. The molecule has 0 atom stereocenters. The number of methoxy groups -OCH3 is 3. The number of benzene rings is 5. The van der Waals surface area contributed by atoms with Crippen molar-refractivity contribution in [1.82, 2.24) is 72.3 Å². The molecule has 5 aromatic carbocycles. The summed E-state index contributed by atoms with van der Waals surface area (Å²) in [5, 5.41) is 18.9. The number of aromatic amines is 1. The summed E-state index contributed by atoms with van der Waals surface area (Å²) in [6.45, 7) is 27.6. The topological polar surface area (TPSA) is 303 Å². The van der Waals surface area contributed by atoms with Gasteiger partial charge in [-0.1, -0.05) is 59.7 Å². The van der Waals surface area contributed by atoms with Gasteiger partial charge in [-0.15, -0.1) is 0 Å². The number of likely N-dealkylation sites (tertiary alicyclic amines) is 2. The van der Waals surface area contributed by atoms with Crippen molar-refractivity contribution in [3.63, 3.8) is 0 Å². The summed E-state index contributed by atoms with van der Waals surface area (Å²) in [6.07, 6.45) is 25.8. The molecule has 4 aliphatic rings. The number of rotatable bonds is 16. The predicted molar refractivity (Wildman–Crippen MR) is 500 cm³/mol. The van der Waals surface area contributed by atoms with Gasteiger partial charge in [-0.2, -0.15) is 15.3 Å². The Kier molecular flexibility index (Phi) is 27.3. The maximum absolute atomic E-state index is 14.8. The van der Waals surface area contributed by atoms with Crippen molar-refractivity contribution in [2.75, 3.05) is 60.6 Å². The van der Waals surface area contributed by atoms with Crippen LogP contribution in [0.25, 0.3) is 88.7 Å². The number of para-hydroxylation sites is 2. The van der Waals surface area contributed by atoms with Gasteiger partial charge in [-0.3, -0.25) is 14.0 Å². The van der Waals surface area contributed by atoms with Gasteiger partial charge in [0, 0.05) is 176 Å². The summed E-state index contributed by atoms with van der Waals surface area (Å²) >= 11 is 3.32. The van der Waals surface area contributed by atoms with Crippen LogP contribution in [-0.4, -0.2) is 186 Å². The lowest BCUT2D eigenvalue weighted by molar-refractivity contribution is 0.00578. The Morgan fingerprint density at radius 2 is 0.902 bits per heavy atom. The largest absolute Gasteiger partial charge is 0.498 e. The van der Waals surface area contributed by atoms with E-state index in [0.717, 1.165) is 116 Å². The quantitative estimate of drug-likeness (QED) is 0.0671. The first-order valence-corrected chi connectivity index (χ1v) is 47.0. The molecule has 2 amide bonds. The summed E-state index contributed by atoms with van der Waals surface area (Å²) in [5.74, 6) is -2.60. The number of hydrogen-bond acceptors (Lipinski definition) is 20. The number of ether oxygens (including phenoxy) is 5. The molecule has 0 radical (unpaired) electrons. The summed E-state index contributed by atoms with van der Waals surface area (Å²) in [6, 6.07) is 30.6. The first-order valence-electron chi connectivity index (χ1n) is 43.3.